The first-order valence-electron chi connectivity index (χ1n) is 22.5. The van der Waals surface area contributed by atoms with Gasteiger partial charge in [0, 0.05) is 37.3 Å². The Labute approximate surface area is 626 Å². The van der Waals surface area contributed by atoms with Crippen molar-refractivity contribution in [2.45, 2.75) is 0 Å². The quantitative estimate of drug-likeness (QED) is 0.0620. The molecule has 0 unspecified atom stereocenters. The fourth-order valence-corrected chi connectivity index (χ4v) is 4.84. The van der Waals surface area contributed by atoms with Crippen LogP contribution in [0, 0.1) is 52.9 Å². The molecule has 0 spiro atoms. The number of methoxy groups -OCH3 is 6. The molecule has 0 atom stereocenters. The number of nitrogens with one attached hydrogen (secondary N) is 6. The SMILES string of the molecule is COc1cccc(C=N)c1[O-].COc1cccc(C=N)c1[O-].COc1cccc(C=N)c1[O-].COc1cccc(C=N)c1[O-].COc1cccc(C=N)c1[O-].COc1cccc(C=N)c1[O-].C[O-].C[O-].C[O-].C[O-].C[O-].C[O-].[Co+2].[Co+2].[Co+2].[Co+2].[Co+2].[Co+2].[Co+2].[O-][Cl+3]([O-])([O-])[O-].[O-][Cl+3]([O-])([O-])[O-]. The van der Waals surface area contributed by atoms with Crippen molar-refractivity contribution in [3.05, 3.63) is 143 Å². The average Bonchev–Trinajstić information content (AvgIpc) is 1.96. The molecule has 0 aliphatic carbocycles. The maximum absolute atomic E-state index is 11.2. The third kappa shape index (κ3) is 63.0. The first-order chi connectivity index (χ1) is 41.7. The van der Waals surface area contributed by atoms with Gasteiger partial charge in [-0.05, 0) is 69.8 Å². The van der Waals surface area contributed by atoms with Gasteiger partial charge in [0.1, 0.15) is 34.5 Å². The van der Waals surface area contributed by atoms with Crippen molar-refractivity contribution in [3.8, 4) is 69.0 Å². The Morgan fingerprint density at radius 2 is 0.316 bits per heavy atom. The molecule has 0 heterocycles. The van der Waals surface area contributed by atoms with Gasteiger partial charge in [0.2, 0.25) is 0 Å². The van der Waals surface area contributed by atoms with Crippen molar-refractivity contribution in [2.24, 2.45) is 0 Å². The molecular formula is C54H66Cl2Co7N6O26. The van der Waals surface area contributed by atoms with E-state index in [1.165, 1.54) is 42.7 Å². The topological polar surface area (TPSA) is 660 Å². The van der Waals surface area contributed by atoms with E-state index in [1.54, 1.807) is 109 Å². The van der Waals surface area contributed by atoms with E-state index in [-0.39, 0.29) is 186 Å². The van der Waals surface area contributed by atoms with E-state index in [0.29, 0.717) is 33.4 Å². The zero-order chi connectivity index (χ0) is 70.6. The summed E-state index contributed by atoms with van der Waals surface area (Å²) in [7, 11) is 3.22. The van der Waals surface area contributed by atoms with Gasteiger partial charge in [0.05, 0.1) is 42.7 Å². The van der Waals surface area contributed by atoms with Gasteiger partial charge in [-0.1, -0.05) is 107 Å². The first kappa shape index (κ1) is 126. The van der Waals surface area contributed by atoms with Gasteiger partial charge in [-0.15, -0.1) is 20.5 Å². The summed E-state index contributed by atoms with van der Waals surface area (Å²) in [4.78, 5) is 0. The van der Waals surface area contributed by atoms with E-state index in [4.69, 9.17) is 129 Å². The van der Waals surface area contributed by atoms with Crippen molar-refractivity contribution in [1.29, 1.82) is 32.5 Å². The molecule has 7 radical (unpaired) electrons. The average molecular weight is 1700 g/mol. The van der Waals surface area contributed by atoms with Gasteiger partial charge < -0.3 is 122 Å². The van der Waals surface area contributed by atoms with E-state index in [0.717, 1.165) is 79.9 Å². The number of para-hydroxylation sites is 6. The number of hydrogen-bond acceptors (Lipinski definition) is 32. The number of hydrogen-bond donors (Lipinski definition) is 6. The molecule has 545 valence electrons. The van der Waals surface area contributed by atoms with Crippen molar-refractivity contribution in [2.75, 3.05) is 85.3 Å². The standard InChI is InChI=1S/6C8H9NO2.6CH3O.2ClHO4.7Co/c6*1-11-7-4-2-3-6(5-9)8(7)10;6*1-2;2*2-1(3,4)5;;;;;;;/h6*2-5,9-10H,1H3;6*1H3;2*(H,2,3,4,5);;;;;;;/q;;;;;;6*-1;;;7*+2/p-8. The molecule has 6 aromatic rings. The molecule has 0 bridgehead atoms. The Hall–Kier alpha value is -5.49. The van der Waals surface area contributed by atoms with Crippen LogP contribution in [0.5, 0.6) is 69.0 Å². The van der Waals surface area contributed by atoms with E-state index in [9.17, 15) is 30.6 Å². The number of ether oxygens (including phenoxy) is 6. The molecule has 6 aromatic carbocycles. The first-order valence-corrected chi connectivity index (χ1v) is 25.0. The molecule has 6 rings (SSSR count). The summed E-state index contributed by atoms with van der Waals surface area (Å²) < 4.78 is 96.6. The summed E-state index contributed by atoms with van der Waals surface area (Å²) in [5.74, 6) is 0.311. The molecule has 0 fully saturated rings. The maximum atomic E-state index is 11.2. The summed E-state index contributed by atoms with van der Waals surface area (Å²) in [5, 5.41) is 158. The van der Waals surface area contributed by atoms with Crippen molar-refractivity contribution < 1.29 is 265 Å². The molecule has 0 aliphatic heterocycles. The fraction of sp³-hybridized carbons (Fsp3) is 0.222. The molecule has 32 nitrogen and oxygen atoms in total. The van der Waals surface area contributed by atoms with Gasteiger partial charge in [0.25, 0.3) is 0 Å². The van der Waals surface area contributed by atoms with E-state index < -0.39 is 20.5 Å². The summed E-state index contributed by atoms with van der Waals surface area (Å²) in [6.07, 6.45) is 6.11. The third-order valence-corrected chi connectivity index (χ3v) is 8.31. The summed E-state index contributed by atoms with van der Waals surface area (Å²) in [6.45, 7) is 0. The predicted octanol–water partition coefficient (Wildman–Crippen LogP) is -11.1. The van der Waals surface area contributed by atoms with E-state index in [1.807, 2.05) is 0 Å². The fourth-order valence-electron chi connectivity index (χ4n) is 4.84. The van der Waals surface area contributed by atoms with Crippen LogP contribution in [-0.2, 0) is 117 Å². The van der Waals surface area contributed by atoms with E-state index >= 15 is 0 Å². The summed E-state index contributed by atoms with van der Waals surface area (Å²) >= 11 is 0. The van der Waals surface area contributed by atoms with Crippen LogP contribution in [0.2, 0.25) is 0 Å². The van der Waals surface area contributed by atoms with Crippen LogP contribution in [0.1, 0.15) is 33.4 Å². The van der Waals surface area contributed by atoms with Crippen LogP contribution in [0.3, 0.4) is 0 Å². The molecule has 95 heavy (non-hydrogen) atoms. The largest absolute Gasteiger partial charge is 2.00 e. The monoisotopic (exact) mass is 1700 g/mol. The summed E-state index contributed by atoms with van der Waals surface area (Å²) in [6, 6.07) is 29.0. The van der Waals surface area contributed by atoms with Crippen LogP contribution in [0.4, 0.5) is 0 Å². The maximum Gasteiger partial charge on any atom is 2.00 e. The smallest absolute Gasteiger partial charge is 0.870 e. The van der Waals surface area contributed by atoms with Crippen LogP contribution >= 0.6 is 0 Å². The Balaban J connectivity index is -0.0000000578. The zero-order valence-corrected chi connectivity index (χ0v) is 60.4. The molecule has 41 heteroatoms. The molecule has 0 amide bonds. The van der Waals surface area contributed by atoms with Gasteiger partial charge in [0.15, 0.2) is 0 Å². The Bertz CT molecular complexity index is 2320. The molecule has 0 aliphatic rings. The number of benzene rings is 6. The van der Waals surface area contributed by atoms with Crippen LogP contribution in [-0.4, -0.2) is 123 Å². The van der Waals surface area contributed by atoms with Crippen LogP contribution in [0.15, 0.2) is 109 Å². The molecular weight excluding hydrogens is 1630 g/mol. The second-order valence-electron chi connectivity index (χ2n) is 12.9. The Morgan fingerprint density at radius 3 is 0.379 bits per heavy atom. The zero-order valence-electron chi connectivity index (χ0n) is 51.6. The second-order valence-corrected chi connectivity index (χ2v) is 14.4. The van der Waals surface area contributed by atoms with Gasteiger partial charge in [-0.2, -0.15) is 42.7 Å². The Morgan fingerprint density at radius 1 is 0.232 bits per heavy atom. The normalized spacial score (nSPS) is 8.02. The minimum absolute atomic E-state index is 0. The third-order valence-electron chi connectivity index (χ3n) is 8.31. The van der Waals surface area contributed by atoms with E-state index in [2.05, 4.69) is 0 Å². The van der Waals surface area contributed by atoms with Gasteiger partial charge in [-0.3, -0.25) is 0 Å². The number of rotatable bonds is 12. The molecule has 0 saturated carbocycles. The van der Waals surface area contributed by atoms with Gasteiger partial charge in [-0.25, -0.2) is 37.3 Å². The molecule has 6 N–H and O–H groups in total. The minimum atomic E-state index is -4.94. The van der Waals surface area contributed by atoms with Crippen LogP contribution in [0.25, 0.3) is 0 Å². The molecule has 0 saturated heterocycles. The molecule has 0 aromatic heterocycles. The van der Waals surface area contributed by atoms with Crippen molar-refractivity contribution in [1.82, 2.24) is 0 Å². The second kappa shape index (κ2) is 82.7. The minimum Gasteiger partial charge on any atom is -0.870 e. The van der Waals surface area contributed by atoms with Crippen molar-refractivity contribution in [3.63, 3.8) is 0 Å². The van der Waals surface area contributed by atoms with Gasteiger partial charge >= 0.3 is 117 Å². The van der Waals surface area contributed by atoms with Crippen LogP contribution < -0.4 is 127 Å². The summed E-state index contributed by atoms with van der Waals surface area (Å²) in [5.41, 5.74) is 2.11. The predicted molar refractivity (Wildman–Crippen MR) is 277 cm³/mol. The Kier molecular flexibility index (Phi) is 110. The van der Waals surface area contributed by atoms with Crippen molar-refractivity contribution >= 4 is 37.3 Å². The number of halogens is 2.